The number of aliphatic hydroxyl groups excluding tert-OH is 1. The first kappa shape index (κ1) is 18.6. The van der Waals surface area contributed by atoms with Gasteiger partial charge in [-0.2, -0.15) is 0 Å². The number of amides is 3. The molecule has 0 rings (SSSR count). The number of carboxylic acid groups (broad SMARTS) is 2. The Labute approximate surface area is 120 Å². The van der Waals surface area contributed by atoms with Crippen LogP contribution in [0.1, 0.15) is 19.8 Å². The topological polar surface area (TPSA) is 165 Å². The minimum absolute atomic E-state index is 0.0145. The van der Waals surface area contributed by atoms with E-state index in [4.69, 9.17) is 10.2 Å². The van der Waals surface area contributed by atoms with Gasteiger partial charge in [0.25, 0.3) is 0 Å². The third-order valence-electron chi connectivity index (χ3n) is 2.45. The standard InChI is InChI=1S/C11H19N3O7/c1-6(5-15)13-9(17)8(14-11(20)21)4-7(16)2-3-12-10(18)19/h5-8,12,14,16H,2-4H2,1H3,(H,13,17)(H,18,19)(H,20,21)/t6-,7+,8-/m0/s1. The molecule has 0 aliphatic rings. The molecule has 0 bridgehead atoms. The molecule has 0 aliphatic carbocycles. The van der Waals surface area contributed by atoms with Gasteiger partial charge in [-0.15, -0.1) is 0 Å². The third kappa shape index (κ3) is 9.21. The second-order valence-corrected chi connectivity index (χ2v) is 4.35. The highest BCUT2D eigenvalue weighted by atomic mass is 16.4. The summed E-state index contributed by atoms with van der Waals surface area (Å²) < 4.78 is 0. The summed E-state index contributed by atoms with van der Waals surface area (Å²) in [7, 11) is 0. The zero-order chi connectivity index (χ0) is 16.4. The van der Waals surface area contributed by atoms with Crippen LogP contribution in [0.25, 0.3) is 0 Å². The second-order valence-electron chi connectivity index (χ2n) is 4.35. The van der Waals surface area contributed by atoms with Crippen molar-refractivity contribution in [2.45, 2.75) is 38.0 Å². The molecule has 0 aromatic carbocycles. The van der Waals surface area contributed by atoms with Gasteiger partial charge in [0, 0.05) is 13.0 Å². The highest BCUT2D eigenvalue weighted by molar-refractivity contribution is 5.87. The number of hydrogen-bond acceptors (Lipinski definition) is 5. The van der Waals surface area contributed by atoms with Gasteiger partial charge in [-0.1, -0.05) is 0 Å². The Hall–Kier alpha value is -2.36. The van der Waals surface area contributed by atoms with Crippen molar-refractivity contribution in [3.63, 3.8) is 0 Å². The molecule has 120 valence electrons. The van der Waals surface area contributed by atoms with E-state index in [1.807, 2.05) is 10.6 Å². The number of carbonyl (C=O) groups is 4. The summed E-state index contributed by atoms with van der Waals surface area (Å²) in [6.07, 6.45) is -3.55. The maximum Gasteiger partial charge on any atom is 0.405 e. The third-order valence-corrected chi connectivity index (χ3v) is 2.45. The van der Waals surface area contributed by atoms with Crippen molar-refractivity contribution in [1.82, 2.24) is 16.0 Å². The zero-order valence-electron chi connectivity index (χ0n) is 11.4. The maximum atomic E-state index is 11.7. The van der Waals surface area contributed by atoms with Crippen molar-refractivity contribution in [1.29, 1.82) is 0 Å². The summed E-state index contributed by atoms with van der Waals surface area (Å²) in [4.78, 5) is 43.0. The van der Waals surface area contributed by atoms with Crippen LogP contribution in [0.3, 0.4) is 0 Å². The van der Waals surface area contributed by atoms with Crippen LogP contribution in [0, 0.1) is 0 Å². The van der Waals surface area contributed by atoms with Crippen LogP contribution in [-0.2, 0) is 9.59 Å². The normalized spacial score (nSPS) is 14.4. The minimum atomic E-state index is -1.45. The minimum Gasteiger partial charge on any atom is -0.465 e. The molecule has 0 aromatic heterocycles. The molecule has 0 heterocycles. The van der Waals surface area contributed by atoms with Crippen LogP contribution >= 0.6 is 0 Å². The van der Waals surface area contributed by atoms with Crippen LogP contribution in [0.5, 0.6) is 0 Å². The van der Waals surface area contributed by atoms with Crippen molar-refractivity contribution >= 4 is 24.4 Å². The molecule has 0 radical (unpaired) electrons. The predicted molar refractivity (Wildman–Crippen MR) is 69.9 cm³/mol. The summed E-state index contributed by atoms with van der Waals surface area (Å²) in [5.74, 6) is -0.748. The van der Waals surface area contributed by atoms with E-state index < -0.39 is 36.3 Å². The number of hydrogen-bond donors (Lipinski definition) is 6. The summed E-state index contributed by atoms with van der Waals surface area (Å²) in [5, 5.41) is 32.9. The summed E-state index contributed by atoms with van der Waals surface area (Å²) in [6, 6.07) is -2.04. The molecule has 0 saturated carbocycles. The van der Waals surface area contributed by atoms with E-state index in [9.17, 15) is 24.3 Å². The highest BCUT2D eigenvalue weighted by Gasteiger charge is 2.24. The fraction of sp³-hybridized carbons (Fsp3) is 0.636. The Morgan fingerprint density at radius 2 is 1.76 bits per heavy atom. The van der Waals surface area contributed by atoms with Crippen LogP contribution in [-0.4, -0.2) is 64.4 Å². The molecule has 10 nitrogen and oxygen atoms in total. The zero-order valence-corrected chi connectivity index (χ0v) is 11.4. The summed E-state index contributed by atoms with van der Waals surface area (Å²) in [5.41, 5.74) is 0. The van der Waals surface area contributed by atoms with Crippen LogP contribution in [0.2, 0.25) is 0 Å². The molecular weight excluding hydrogens is 286 g/mol. The lowest BCUT2D eigenvalue weighted by Crippen LogP contribution is -2.50. The lowest BCUT2D eigenvalue weighted by molar-refractivity contribution is -0.126. The van der Waals surface area contributed by atoms with Gasteiger partial charge in [0.15, 0.2) is 0 Å². The van der Waals surface area contributed by atoms with Crippen molar-refractivity contribution < 1.29 is 34.5 Å². The Morgan fingerprint density at radius 3 is 2.24 bits per heavy atom. The summed E-state index contributed by atoms with van der Waals surface area (Å²) in [6.45, 7) is 1.37. The fourth-order valence-electron chi connectivity index (χ4n) is 1.48. The first-order chi connectivity index (χ1) is 9.76. The molecule has 0 saturated heterocycles. The van der Waals surface area contributed by atoms with Gasteiger partial charge in [-0.3, -0.25) is 4.79 Å². The van der Waals surface area contributed by atoms with Gasteiger partial charge in [-0.25, -0.2) is 9.59 Å². The number of aldehydes is 1. The Bertz CT molecular complexity index is 388. The van der Waals surface area contributed by atoms with Gasteiger partial charge in [0.2, 0.25) is 5.91 Å². The van der Waals surface area contributed by atoms with Gasteiger partial charge in [0.1, 0.15) is 12.3 Å². The average molecular weight is 305 g/mol. The van der Waals surface area contributed by atoms with E-state index in [1.165, 1.54) is 6.92 Å². The van der Waals surface area contributed by atoms with E-state index in [2.05, 4.69) is 5.32 Å². The summed E-state index contributed by atoms with van der Waals surface area (Å²) >= 11 is 0. The van der Waals surface area contributed by atoms with Crippen molar-refractivity contribution in [3.8, 4) is 0 Å². The number of nitrogens with one attached hydrogen (secondary N) is 3. The van der Waals surface area contributed by atoms with Gasteiger partial charge in [-0.05, 0) is 13.3 Å². The molecule has 0 aliphatic heterocycles. The van der Waals surface area contributed by atoms with E-state index in [-0.39, 0.29) is 19.4 Å². The van der Waals surface area contributed by atoms with E-state index in [1.54, 1.807) is 0 Å². The molecule has 0 fully saturated rings. The first-order valence-corrected chi connectivity index (χ1v) is 6.16. The lowest BCUT2D eigenvalue weighted by Gasteiger charge is -2.20. The average Bonchev–Trinajstić information content (AvgIpc) is 2.36. The number of rotatable bonds is 9. The molecular formula is C11H19N3O7. The van der Waals surface area contributed by atoms with Gasteiger partial charge < -0.3 is 36.1 Å². The van der Waals surface area contributed by atoms with Crippen molar-refractivity contribution in [2.75, 3.05) is 6.54 Å². The second kappa shape index (κ2) is 9.53. The SMILES string of the molecule is C[C@@H](C=O)NC(=O)[C@H](C[C@H](O)CCNC(=O)O)NC(=O)O. The molecule has 0 spiro atoms. The Morgan fingerprint density at radius 1 is 1.14 bits per heavy atom. The van der Waals surface area contributed by atoms with E-state index in [0.717, 1.165) is 0 Å². The van der Waals surface area contributed by atoms with Crippen LogP contribution in [0.4, 0.5) is 9.59 Å². The number of aliphatic hydroxyl groups is 1. The van der Waals surface area contributed by atoms with Crippen LogP contribution in [0.15, 0.2) is 0 Å². The van der Waals surface area contributed by atoms with Crippen molar-refractivity contribution in [3.05, 3.63) is 0 Å². The smallest absolute Gasteiger partial charge is 0.405 e. The monoisotopic (exact) mass is 305 g/mol. The molecule has 0 unspecified atom stereocenters. The van der Waals surface area contributed by atoms with Crippen LogP contribution < -0.4 is 16.0 Å². The molecule has 3 atom stereocenters. The molecule has 3 amide bonds. The fourth-order valence-corrected chi connectivity index (χ4v) is 1.48. The van der Waals surface area contributed by atoms with Gasteiger partial charge >= 0.3 is 12.2 Å². The van der Waals surface area contributed by atoms with Gasteiger partial charge in [0.05, 0.1) is 12.1 Å². The predicted octanol–water partition coefficient (Wildman–Crippen LogP) is -1.27. The molecule has 0 aromatic rings. The van der Waals surface area contributed by atoms with E-state index >= 15 is 0 Å². The molecule has 21 heavy (non-hydrogen) atoms. The number of carbonyl (C=O) groups excluding carboxylic acids is 2. The molecule has 6 N–H and O–H groups in total. The first-order valence-electron chi connectivity index (χ1n) is 6.16. The Balaban J connectivity index is 4.46. The maximum absolute atomic E-state index is 11.7. The Kier molecular flexibility index (Phi) is 8.46. The van der Waals surface area contributed by atoms with E-state index in [0.29, 0.717) is 6.29 Å². The molecule has 10 heteroatoms. The largest absolute Gasteiger partial charge is 0.465 e. The quantitative estimate of drug-likeness (QED) is 0.289. The lowest BCUT2D eigenvalue weighted by atomic mass is 10.1. The highest BCUT2D eigenvalue weighted by Crippen LogP contribution is 2.03. The van der Waals surface area contributed by atoms with Crippen molar-refractivity contribution in [2.24, 2.45) is 0 Å².